The molecular formula is C57H53N3. The molecule has 7 aromatic rings. The molecule has 1 aromatic heterocycles. The summed E-state index contributed by atoms with van der Waals surface area (Å²) < 4.78 is 2.41. The minimum absolute atomic E-state index is 0.0749. The second-order valence-corrected chi connectivity index (χ2v) is 15.2. The lowest BCUT2D eigenvalue weighted by atomic mass is 9.82. The Balaban J connectivity index is 0.00000132. The van der Waals surface area contributed by atoms with Gasteiger partial charge in [0.25, 0.3) is 0 Å². The van der Waals surface area contributed by atoms with Crippen molar-refractivity contribution < 1.29 is 0 Å². The minimum Gasteiger partial charge on any atom is -0.309 e. The van der Waals surface area contributed by atoms with Gasteiger partial charge in [-0.1, -0.05) is 169 Å². The van der Waals surface area contributed by atoms with E-state index in [1.807, 2.05) is 71.0 Å². The van der Waals surface area contributed by atoms with Crippen LogP contribution in [0.3, 0.4) is 0 Å². The van der Waals surface area contributed by atoms with Crippen molar-refractivity contribution in [1.82, 2.24) is 4.57 Å². The monoisotopic (exact) mass is 779 g/mol. The van der Waals surface area contributed by atoms with E-state index in [4.69, 9.17) is 4.99 Å². The first kappa shape index (κ1) is 41.2. The molecule has 0 saturated carbocycles. The van der Waals surface area contributed by atoms with Gasteiger partial charge >= 0.3 is 0 Å². The molecule has 1 atom stereocenters. The molecule has 0 bridgehead atoms. The molecule has 3 nitrogen and oxygen atoms in total. The van der Waals surface area contributed by atoms with E-state index in [2.05, 4.69) is 165 Å². The van der Waals surface area contributed by atoms with Gasteiger partial charge < -0.3 is 4.57 Å². The lowest BCUT2D eigenvalue weighted by Crippen LogP contribution is -2.14. The number of rotatable bonds is 6. The summed E-state index contributed by atoms with van der Waals surface area (Å²) in [5.41, 5.74) is 17.0. The number of aryl methyl sites for hydroxylation is 1. The SMILES string of the molecule is C/C=C\C=C/c1cc2ccc3c(c2n1-c1cc(C2=Nc4cccc(C)c4C(c4ccccc4)C#CC2)cc(-c2ccccc2C#N)c1)-c1ccccc1C3(C)C.CC.CC. The summed E-state index contributed by atoms with van der Waals surface area (Å²) in [5.74, 6) is 7.14. The van der Waals surface area contributed by atoms with Crippen LogP contribution in [0.2, 0.25) is 0 Å². The van der Waals surface area contributed by atoms with Crippen LogP contribution in [0.25, 0.3) is 44.9 Å². The average Bonchev–Trinajstić information content (AvgIpc) is 3.77. The molecule has 3 heteroatoms. The molecule has 0 amide bonds. The highest BCUT2D eigenvalue weighted by Crippen LogP contribution is 2.52. The number of aromatic nitrogens is 1. The third-order valence-corrected chi connectivity index (χ3v) is 11.5. The lowest BCUT2D eigenvalue weighted by molar-refractivity contribution is 0.661. The van der Waals surface area contributed by atoms with Crippen LogP contribution in [0.5, 0.6) is 0 Å². The van der Waals surface area contributed by atoms with Gasteiger partial charge in [-0.25, -0.2) is 0 Å². The van der Waals surface area contributed by atoms with E-state index in [9.17, 15) is 5.26 Å². The lowest BCUT2D eigenvalue weighted by Gasteiger charge is -2.22. The van der Waals surface area contributed by atoms with Crippen LogP contribution in [-0.4, -0.2) is 10.3 Å². The van der Waals surface area contributed by atoms with Crippen molar-refractivity contribution >= 4 is 28.4 Å². The van der Waals surface area contributed by atoms with Gasteiger partial charge in [0.2, 0.25) is 0 Å². The summed E-state index contributed by atoms with van der Waals surface area (Å²) in [6.45, 7) is 16.9. The Morgan fingerprint density at radius 2 is 1.47 bits per heavy atom. The number of fused-ring (bicyclic) bond motifs is 6. The number of aliphatic imine (C=N–C) groups is 1. The number of hydrogen-bond acceptors (Lipinski definition) is 2. The Labute approximate surface area is 357 Å². The van der Waals surface area contributed by atoms with Crippen LogP contribution < -0.4 is 0 Å². The van der Waals surface area contributed by atoms with Crippen LogP contribution >= 0.6 is 0 Å². The van der Waals surface area contributed by atoms with Crippen LogP contribution in [-0.2, 0) is 5.41 Å². The first-order chi connectivity index (χ1) is 29.4. The Morgan fingerprint density at radius 1 is 0.750 bits per heavy atom. The van der Waals surface area contributed by atoms with E-state index in [0.717, 1.165) is 45.0 Å². The van der Waals surface area contributed by atoms with Crippen molar-refractivity contribution in [2.45, 2.75) is 73.1 Å². The predicted octanol–water partition coefficient (Wildman–Crippen LogP) is 15.1. The normalized spacial score (nSPS) is 14.5. The molecule has 60 heavy (non-hydrogen) atoms. The highest BCUT2D eigenvalue weighted by Gasteiger charge is 2.37. The van der Waals surface area contributed by atoms with Gasteiger partial charge in [-0.2, -0.15) is 5.26 Å². The maximum atomic E-state index is 10.3. The van der Waals surface area contributed by atoms with Gasteiger partial charge in [0.15, 0.2) is 0 Å². The number of hydrogen-bond donors (Lipinski definition) is 0. The molecule has 0 spiro atoms. The fourth-order valence-corrected chi connectivity index (χ4v) is 8.76. The zero-order valence-corrected chi connectivity index (χ0v) is 36.1. The van der Waals surface area contributed by atoms with Gasteiger partial charge in [0.05, 0.1) is 40.9 Å². The molecule has 0 radical (unpaired) electrons. The summed E-state index contributed by atoms with van der Waals surface area (Å²) in [6.07, 6.45) is 8.90. The van der Waals surface area contributed by atoms with Crippen LogP contribution in [0.15, 0.2) is 157 Å². The summed E-state index contributed by atoms with van der Waals surface area (Å²) in [6, 6.07) is 49.6. The van der Waals surface area contributed by atoms with Crippen molar-refractivity contribution in [3.8, 4) is 45.9 Å². The number of allylic oxidation sites excluding steroid dienone is 3. The van der Waals surface area contributed by atoms with Gasteiger partial charge in [0, 0.05) is 33.3 Å². The summed E-state index contributed by atoms with van der Waals surface area (Å²) >= 11 is 0. The first-order valence-electron chi connectivity index (χ1n) is 21.3. The smallest absolute Gasteiger partial charge is 0.0998 e. The standard InChI is InChI=1S/C53H41N3.2C2H6/c1-5-6-8-21-41-31-37-28-29-47-51(45-23-13-14-25-46(45)53(47,3)4)52(37)56(41)42-32-39(43-22-12-11-20-38(43)34-54)30-40(33-42)48-26-16-24-44(36-18-9-7-10-19-36)50-35(2)17-15-27-49(50)55-48;2*1-2/h5-15,17-23,25,27-33,44H,26H2,1-4H3;2*1-2H3/b6-5-,21-8-,55-48?;;. The zero-order chi connectivity index (χ0) is 42.4. The van der Waals surface area contributed by atoms with E-state index in [1.165, 1.54) is 44.3 Å². The van der Waals surface area contributed by atoms with Crippen LogP contribution in [0.1, 0.15) is 105 Å². The highest BCUT2D eigenvalue weighted by atomic mass is 15.0. The molecule has 0 N–H and O–H groups in total. The molecule has 6 aromatic carbocycles. The Morgan fingerprint density at radius 3 is 2.23 bits per heavy atom. The molecule has 9 rings (SSSR count). The summed E-state index contributed by atoms with van der Waals surface area (Å²) in [5, 5.41) is 11.5. The van der Waals surface area contributed by atoms with E-state index >= 15 is 0 Å². The first-order valence-corrected chi connectivity index (χ1v) is 21.3. The second kappa shape index (κ2) is 17.9. The molecule has 2 heterocycles. The molecular weight excluding hydrogens is 727 g/mol. The predicted molar refractivity (Wildman–Crippen MR) is 256 cm³/mol. The van der Waals surface area contributed by atoms with Crippen molar-refractivity contribution in [3.05, 3.63) is 196 Å². The third kappa shape index (κ3) is 7.45. The highest BCUT2D eigenvalue weighted by molar-refractivity contribution is 6.06. The Hall–Kier alpha value is -6.94. The van der Waals surface area contributed by atoms with Crippen molar-refractivity contribution in [1.29, 1.82) is 5.26 Å². The fourth-order valence-electron chi connectivity index (χ4n) is 8.76. The van der Waals surface area contributed by atoms with Gasteiger partial charge in [-0.3, -0.25) is 4.99 Å². The molecule has 296 valence electrons. The largest absolute Gasteiger partial charge is 0.309 e. The molecule has 1 unspecified atom stereocenters. The number of benzene rings is 6. The maximum absolute atomic E-state index is 10.3. The van der Waals surface area contributed by atoms with Gasteiger partial charge in [-0.15, -0.1) is 0 Å². The van der Waals surface area contributed by atoms with Gasteiger partial charge in [-0.05, 0) is 101 Å². The molecule has 2 aliphatic rings. The van der Waals surface area contributed by atoms with Crippen LogP contribution in [0, 0.1) is 30.1 Å². The zero-order valence-electron chi connectivity index (χ0n) is 36.1. The average molecular weight is 780 g/mol. The fraction of sp³-hybridized carbons (Fsp3) is 0.193. The van der Waals surface area contributed by atoms with E-state index in [-0.39, 0.29) is 11.3 Å². The van der Waals surface area contributed by atoms with Gasteiger partial charge in [0.1, 0.15) is 0 Å². The van der Waals surface area contributed by atoms with Crippen molar-refractivity contribution in [3.63, 3.8) is 0 Å². The number of nitriles is 1. The molecule has 0 fully saturated rings. The topological polar surface area (TPSA) is 41.1 Å². The molecule has 1 aliphatic heterocycles. The van der Waals surface area contributed by atoms with Crippen molar-refractivity contribution in [2.75, 3.05) is 0 Å². The van der Waals surface area contributed by atoms with Crippen molar-refractivity contribution in [2.24, 2.45) is 4.99 Å². The second-order valence-electron chi connectivity index (χ2n) is 15.2. The third-order valence-electron chi connectivity index (χ3n) is 11.5. The van der Waals surface area contributed by atoms with E-state index in [1.54, 1.807) is 0 Å². The summed E-state index contributed by atoms with van der Waals surface area (Å²) in [4.78, 5) is 5.47. The molecule has 1 aliphatic carbocycles. The Bertz CT molecular complexity index is 2900. The maximum Gasteiger partial charge on any atom is 0.0998 e. The number of nitrogens with zero attached hydrogens (tertiary/aromatic N) is 3. The van der Waals surface area contributed by atoms with E-state index in [0.29, 0.717) is 12.0 Å². The van der Waals surface area contributed by atoms with Crippen LogP contribution in [0.4, 0.5) is 5.69 Å². The quantitative estimate of drug-likeness (QED) is 0.122. The van der Waals surface area contributed by atoms with E-state index < -0.39 is 0 Å². The Kier molecular flexibility index (Phi) is 12.3. The minimum atomic E-state index is -0.149. The molecule has 0 saturated heterocycles. The summed E-state index contributed by atoms with van der Waals surface area (Å²) in [7, 11) is 0.